The SMILES string of the molecule is COCCN1C(=O)C(Nc2ccc(N3CCOCC3)cc2)=C(c2ccccc2)C1=O.COCCN1C(=O)C(Nc2ccc(SC)cc2)=C(c2ccccc2)C1=O.COCCN1C(=O)C(Nc2ccc3oc(C(C)=O)cc3c2)=C(c2ccccc2)C1=O.O=C1C(Nc2ccc(N3CCOCC3)cc2)=C(c2ccccc2)C(=O)N1Cc1cccnc1. The Hall–Kier alpha value is -13.4. The first kappa shape index (κ1) is 83.5. The maximum absolute atomic E-state index is 13.4. The molecule has 27 heteroatoms. The smallest absolute Gasteiger partial charge is 0.278 e. The molecule has 0 bridgehead atoms. The molecular formula is C92H89N11O15S. The highest BCUT2D eigenvalue weighted by atomic mass is 32.2. The zero-order valence-corrected chi connectivity index (χ0v) is 67.2. The number of thioether (sulfide) groups is 1. The molecule has 0 saturated carbocycles. The van der Waals surface area contributed by atoms with Gasteiger partial charge < -0.3 is 59.2 Å². The van der Waals surface area contributed by atoms with Crippen LogP contribution in [0.15, 0.2) is 275 Å². The number of fused-ring (bicyclic) bond motifs is 1. The molecule has 6 aliphatic heterocycles. The van der Waals surface area contributed by atoms with E-state index in [1.54, 1.807) is 80.8 Å². The van der Waals surface area contributed by atoms with Gasteiger partial charge >= 0.3 is 0 Å². The molecule has 0 radical (unpaired) electrons. The summed E-state index contributed by atoms with van der Waals surface area (Å²) in [5.41, 5.74) is 11.8. The van der Waals surface area contributed by atoms with Gasteiger partial charge in [-0.1, -0.05) is 127 Å². The molecule has 8 amide bonds. The monoisotopic (exact) mass is 1620 g/mol. The van der Waals surface area contributed by atoms with Crippen LogP contribution in [0.5, 0.6) is 0 Å². The van der Waals surface area contributed by atoms with Crippen LogP contribution >= 0.6 is 11.8 Å². The summed E-state index contributed by atoms with van der Waals surface area (Å²) >= 11 is 1.65. The number of benzene rings is 8. The number of methoxy groups -OCH3 is 3. The second kappa shape index (κ2) is 40.0. The van der Waals surface area contributed by atoms with E-state index in [1.807, 2.05) is 194 Å². The average molecular weight is 1620 g/mol. The first-order valence-corrected chi connectivity index (χ1v) is 39.9. The van der Waals surface area contributed by atoms with Crippen molar-refractivity contribution >= 4 is 132 Å². The number of carbonyl (C=O) groups excluding carboxylic acids is 9. The Morgan fingerprint density at radius 1 is 0.403 bits per heavy atom. The summed E-state index contributed by atoms with van der Waals surface area (Å²) in [5.74, 6) is -2.63. The van der Waals surface area contributed by atoms with Gasteiger partial charge in [0.2, 0.25) is 0 Å². The Morgan fingerprint density at radius 2 is 0.748 bits per heavy atom. The van der Waals surface area contributed by atoms with Gasteiger partial charge in [0.15, 0.2) is 11.5 Å². The number of carbonyl (C=O) groups is 9. The molecule has 10 aromatic rings. The van der Waals surface area contributed by atoms with Crippen molar-refractivity contribution in [3.63, 3.8) is 0 Å². The first-order chi connectivity index (χ1) is 58.0. The molecule has 4 N–H and O–H groups in total. The van der Waals surface area contributed by atoms with E-state index in [-0.39, 0.29) is 97.1 Å². The third kappa shape index (κ3) is 19.8. The summed E-state index contributed by atoms with van der Waals surface area (Å²) in [6.07, 6.45) is 5.34. The van der Waals surface area contributed by atoms with Crippen LogP contribution < -0.4 is 31.1 Å². The van der Waals surface area contributed by atoms with E-state index < -0.39 is 5.91 Å². The largest absolute Gasteiger partial charge is 0.453 e. The minimum atomic E-state index is -0.410. The topological polar surface area (TPSA) is 293 Å². The van der Waals surface area contributed by atoms with Crippen LogP contribution in [0.4, 0.5) is 34.1 Å². The number of pyridine rings is 1. The Kier molecular flexibility index (Phi) is 28.1. The summed E-state index contributed by atoms with van der Waals surface area (Å²) < 4.78 is 31.5. The molecule has 2 aromatic heterocycles. The van der Waals surface area contributed by atoms with Gasteiger partial charge in [-0.05, 0) is 137 Å². The van der Waals surface area contributed by atoms with Crippen LogP contribution in [0.1, 0.15) is 45.3 Å². The zero-order chi connectivity index (χ0) is 83.3. The Balaban J connectivity index is 0.000000138. The quantitative estimate of drug-likeness (QED) is 0.0211. The molecule has 608 valence electrons. The number of morpholine rings is 2. The van der Waals surface area contributed by atoms with E-state index in [1.165, 1.54) is 33.6 Å². The van der Waals surface area contributed by atoms with Crippen molar-refractivity contribution in [2.24, 2.45) is 0 Å². The molecule has 26 nitrogen and oxygen atoms in total. The number of hydrogen-bond donors (Lipinski definition) is 4. The lowest BCUT2D eigenvalue weighted by Crippen LogP contribution is -2.36. The molecule has 16 rings (SSSR count). The van der Waals surface area contributed by atoms with Crippen LogP contribution in [0.2, 0.25) is 0 Å². The number of nitrogens with one attached hydrogen (secondary N) is 4. The third-order valence-electron chi connectivity index (χ3n) is 20.1. The third-order valence-corrected chi connectivity index (χ3v) is 20.8. The molecule has 0 spiro atoms. The van der Waals surface area contributed by atoms with E-state index in [4.69, 9.17) is 28.1 Å². The second-order valence-electron chi connectivity index (χ2n) is 27.7. The molecule has 0 aliphatic carbocycles. The van der Waals surface area contributed by atoms with E-state index >= 15 is 0 Å². The van der Waals surface area contributed by atoms with Crippen molar-refractivity contribution in [1.82, 2.24) is 24.6 Å². The number of nitrogens with zero attached hydrogens (tertiary/aromatic N) is 7. The highest BCUT2D eigenvalue weighted by molar-refractivity contribution is 7.98. The lowest BCUT2D eigenvalue weighted by molar-refractivity contribution is -0.139. The van der Waals surface area contributed by atoms with Crippen LogP contribution in [-0.4, -0.2) is 197 Å². The molecule has 119 heavy (non-hydrogen) atoms. The van der Waals surface area contributed by atoms with Gasteiger partial charge in [0.25, 0.3) is 47.3 Å². The molecular weight excluding hydrogens is 1530 g/mol. The number of imide groups is 4. The van der Waals surface area contributed by atoms with E-state index in [0.29, 0.717) is 80.4 Å². The fourth-order valence-electron chi connectivity index (χ4n) is 13.9. The van der Waals surface area contributed by atoms with Gasteiger partial charge in [-0.25, -0.2) is 0 Å². The van der Waals surface area contributed by atoms with Crippen LogP contribution in [0, 0.1) is 0 Å². The first-order valence-electron chi connectivity index (χ1n) is 38.7. The summed E-state index contributed by atoms with van der Waals surface area (Å²) in [4.78, 5) is 131. The highest BCUT2D eigenvalue weighted by Gasteiger charge is 2.43. The van der Waals surface area contributed by atoms with E-state index in [2.05, 4.69) is 36.1 Å². The summed E-state index contributed by atoms with van der Waals surface area (Å²) in [6.45, 7) is 9.36. The lowest BCUT2D eigenvalue weighted by Gasteiger charge is -2.29. The van der Waals surface area contributed by atoms with Crippen molar-refractivity contribution in [3.8, 4) is 0 Å². The van der Waals surface area contributed by atoms with Crippen molar-refractivity contribution in [1.29, 1.82) is 0 Å². The van der Waals surface area contributed by atoms with Gasteiger partial charge in [-0.3, -0.25) is 67.7 Å². The summed E-state index contributed by atoms with van der Waals surface area (Å²) in [7, 11) is 4.61. The number of aromatic nitrogens is 1. The van der Waals surface area contributed by atoms with Gasteiger partial charge in [-0.15, -0.1) is 11.8 Å². The maximum atomic E-state index is 13.4. The van der Waals surface area contributed by atoms with E-state index in [9.17, 15) is 43.2 Å². The number of hydrogen-bond acceptors (Lipinski definition) is 23. The van der Waals surface area contributed by atoms with Crippen molar-refractivity contribution < 1.29 is 71.3 Å². The lowest BCUT2D eigenvalue weighted by atomic mass is 10.0. The molecule has 2 fully saturated rings. The molecule has 6 aliphatic rings. The second-order valence-corrected chi connectivity index (χ2v) is 28.6. The summed E-state index contributed by atoms with van der Waals surface area (Å²) in [5, 5.41) is 13.4. The number of anilines is 6. The number of ether oxygens (including phenoxy) is 5. The standard InChI is InChI=1S/C26H24N4O3.C23H25N3O4.C23H20N2O5.C20H20N2O3S/c31-25-23(20-6-2-1-3-7-20)24(26(32)30(25)18-19-5-4-12-27-17-19)28-21-8-10-22(11-9-21)29-13-15-33-16-14-29;1-29-14-13-26-22(27)20(17-5-3-2-4-6-17)21(23(26)28)24-18-7-9-19(10-8-18)25-11-15-30-16-12-25;1-14(26)19-13-16-12-17(8-9-18(16)30-19)24-21-20(15-6-4-3-5-7-15)22(27)25(23(21)28)10-11-29-2;1-25-13-12-22-19(23)17(14-6-4-3-5-7-14)18(20(22)24)21-15-8-10-16(26-2)11-9-15/h1-12,17,28H,13-16,18H2;2-10,24H,11-16H2,1H3;3-9,12-13,24H,10-11H2,1-2H3;3-11,21H,12-13H2,1-2H3. The van der Waals surface area contributed by atoms with Crippen molar-refractivity contribution in [3.05, 3.63) is 299 Å². The van der Waals surface area contributed by atoms with Crippen LogP contribution in [-0.2, 0) is 68.6 Å². The molecule has 0 unspecified atom stereocenters. The Morgan fingerprint density at radius 3 is 1.09 bits per heavy atom. The fourth-order valence-corrected chi connectivity index (χ4v) is 14.3. The predicted molar refractivity (Wildman–Crippen MR) is 457 cm³/mol. The number of rotatable bonds is 27. The van der Waals surface area contributed by atoms with E-state index in [0.717, 1.165) is 96.9 Å². The average Bonchev–Trinajstić information content (AvgIpc) is 1.64. The fraction of sp³-hybridized carbons (Fsp3) is 0.217. The van der Waals surface area contributed by atoms with Crippen molar-refractivity contribution in [2.75, 3.05) is 151 Å². The molecule has 0 atom stereocenters. The predicted octanol–water partition coefficient (Wildman–Crippen LogP) is 12.4. The van der Waals surface area contributed by atoms with Gasteiger partial charge in [0, 0.05) is 111 Å². The maximum Gasteiger partial charge on any atom is 0.278 e. The minimum absolute atomic E-state index is 0.165. The van der Waals surface area contributed by atoms with Crippen LogP contribution in [0.3, 0.4) is 0 Å². The molecule has 2 saturated heterocycles. The molecule has 8 aromatic carbocycles. The Labute approximate surface area is 692 Å². The van der Waals surface area contributed by atoms with Crippen molar-refractivity contribution in [2.45, 2.75) is 18.4 Å². The minimum Gasteiger partial charge on any atom is -0.453 e. The normalized spacial score (nSPS) is 15.6. The number of furan rings is 1. The number of Topliss-reactive ketones (excluding diaryl/α,β-unsaturated/α-hetero) is 1. The Bertz CT molecular complexity index is 5470. The van der Waals surface area contributed by atoms with Crippen LogP contribution in [0.25, 0.3) is 33.3 Å². The van der Waals surface area contributed by atoms with Gasteiger partial charge in [0.05, 0.1) is 94.7 Å². The number of amides is 8. The summed E-state index contributed by atoms with van der Waals surface area (Å²) in [6, 6.07) is 70.9. The van der Waals surface area contributed by atoms with Gasteiger partial charge in [-0.2, -0.15) is 0 Å². The number of ketones is 1. The molecule has 8 heterocycles. The zero-order valence-electron chi connectivity index (χ0n) is 66.4. The van der Waals surface area contributed by atoms with Gasteiger partial charge in [0.1, 0.15) is 28.4 Å². The highest BCUT2D eigenvalue weighted by Crippen LogP contribution is 2.37.